The van der Waals surface area contributed by atoms with Gasteiger partial charge < -0.3 is 15.5 Å². The molecule has 0 unspecified atom stereocenters. The lowest BCUT2D eigenvalue weighted by molar-refractivity contribution is -0.126. The minimum absolute atomic E-state index is 0.0218. The van der Waals surface area contributed by atoms with Crippen molar-refractivity contribution in [2.24, 2.45) is 5.92 Å². The zero-order chi connectivity index (χ0) is 25.3. The number of anilines is 1. The second-order valence-electron chi connectivity index (χ2n) is 8.99. The Labute approximate surface area is 210 Å². The Morgan fingerprint density at radius 1 is 0.944 bits per heavy atom. The Bertz CT molecular complexity index is 1220. The number of likely N-dealkylation sites (tertiary alicyclic amines) is 1. The monoisotopic (exact) mass is 487 g/mol. The van der Waals surface area contributed by atoms with Gasteiger partial charge in [0.15, 0.2) is 0 Å². The molecule has 3 aromatic rings. The Hall–Kier alpha value is -4.00. The summed E-state index contributed by atoms with van der Waals surface area (Å²) in [6.45, 7) is 1.53. The molecule has 36 heavy (non-hydrogen) atoms. The highest BCUT2D eigenvalue weighted by molar-refractivity contribution is 6.05. The molecule has 0 saturated carbocycles. The number of hydrogen-bond donors (Lipinski definition) is 2. The first kappa shape index (κ1) is 25.1. The summed E-state index contributed by atoms with van der Waals surface area (Å²) in [6.07, 6.45) is 3.25. The second-order valence-corrected chi connectivity index (χ2v) is 8.99. The summed E-state index contributed by atoms with van der Waals surface area (Å²) in [5, 5.41) is 5.67. The van der Waals surface area contributed by atoms with Crippen molar-refractivity contribution in [2.75, 3.05) is 25.0 Å². The molecule has 1 heterocycles. The van der Waals surface area contributed by atoms with Gasteiger partial charge in [0.25, 0.3) is 11.8 Å². The average Bonchev–Trinajstić information content (AvgIpc) is 2.91. The predicted molar refractivity (Wildman–Crippen MR) is 137 cm³/mol. The molecule has 7 heteroatoms. The van der Waals surface area contributed by atoms with Gasteiger partial charge in [-0.05, 0) is 61.6 Å². The molecule has 1 aliphatic rings. The van der Waals surface area contributed by atoms with Crippen molar-refractivity contribution in [2.45, 2.75) is 25.7 Å². The number of benzene rings is 3. The number of nitrogens with zero attached hydrogens (tertiary/aromatic N) is 1. The fourth-order valence-electron chi connectivity index (χ4n) is 4.43. The van der Waals surface area contributed by atoms with Crippen molar-refractivity contribution in [1.82, 2.24) is 10.2 Å². The van der Waals surface area contributed by atoms with E-state index in [2.05, 4.69) is 22.8 Å². The number of amides is 3. The molecule has 4 rings (SSSR count). The SMILES string of the molecule is O=C(Nc1cccc(C(=O)N2CCC[C@@H](C(=O)NCCCc3ccccc3)C2)c1)c1ccccc1F. The van der Waals surface area contributed by atoms with Crippen molar-refractivity contribution in [3.63, 3.8) is 0 Å². The van der Waals surface area contributed by atoms with Crippen LogP contribution in [0.4, 0.5) is 10.1 Å². The van der Waals surface area contributed by atoms with Gasteiger partial charge in [0.2, 0.25) is 5.91 Å². The molecule has 1 fully saturated rings. The van der Waals surface area contributed by atoms with Crippen molar-refractivity contribution in [3.05, 3.63) is 101 Å². The molecule has 186 valence electrons. The van der Waals surface area contributed by atoms with Crippen LogP contribution in [-0.4, -0.2) is 42.3 Å². The molecule has 0 aromatic heterocycles. The fraction of sp³-hybridized carbons (Fsp3) is 0.276. The zero-order valence-corrected chi connectivity index (χ0v) is 20.1. The van der Waals surface area contributed by atoms with Crippen LogP contribution in [0.2, 0.25) is 0 Å². The maximum atomic E-state index is 13.9. The Balaban J connectivity index is 1.30. The lowest BCUT2D eigenvalue weighted by Crippen LogP contribution is -2.45. The highest BCUT2D eigenvalue weighted by atomic mass is 19.1. The molecule has 3 amide bonds. The molecule has 0 bridgehead atoms. The van der Waals surface area contributed by atoms with Crippen molar-refractivity contribution in [1.29, 1.82) is 0 Å². The number of hydrogen-bond acceptors (Lipinski definition) is 3. The molecular formula is C29H30FN3O3. The highest BCUT2D eigenvalue weighted by Crippen LogP contribution is 2.21. The summed E-state index contributed by atoms with van der Waals surface area (Å²) in [5.41, 5.74) is 1.99. The second kappa shape index (κ2) is 12.1. The minimum Gasteiger partial charge on any atom is -0.356 e. The molecule has 1 atom stereocenters. The van der Waals surface area contributed by atoms with Gasteiger partial charge in [0.1, 0.15) is 5.82 Å². The molecule has 0 aliphatic carbocycles. The van der Waals surface area contributed by atoms with Crippen molar-refractivity contribution >= 4 is 23.4 Å². The van der Waals surface area contributed by atoms with Crippen molar-refractivity contribution < 1.29 is 18.8 Å². The summed E-state index contributed by atoms with van der Waals surface area (Å²) in [7, 11) is 0. The quantitative estimate of drug-likeness (QED) is 0.453. The largest absolute Gasteiger partial charge is 0.356 e. The standard InChI is InChI=1S/C29H30FN3O3/c30-26-16-5-4-15-25(26)28(35)32-24-14-6-12-22(19-24)29(36)33-18-8-13-23(20-33)27(34)31-17-7-11-21-9-2-1-3-10-21/h1-6,9-10,12,14-16,19,23H,7-8,11,13,17-18,20H2,(H,31,34)(H,32,35)/t23-/m1/s1. The molecule has 2 N–H and O–H groups in total. The summed E-state index contributed by atoms with van der Waals surface area (Å²) < 4.78 is 13.9. The first-order valence-electron chi connectivity index (χ1n) is 12.3. The normalized spacial score (nSPS) is 15.2. The molecule has 1 saturated heterocycles. The number of nitrogens with one attached hydrogen (secondary N) is 2. The minimum atomic E-state index is -0.611. The molecule has 1 aliphatic heterocycles. The topological polar surface area (TPSA) is 78.5 Å². The van der Waals surface area contributed by atoms with Gasteiger partial charge in [-0.25, -0.2) is 4.39 Å². The molecular weight excluding hydrogens is 457 g/mol. The Morgan fingerprint density at radius 2 is 1.72 bits per heavy atom. The van der Waals surface area contributed by atoms with Crippen LogP contribution in [0.25, 0.3) is 0 Å². The van der Waals surface area contributed by atoms with Gasteiger partial charge in [-0.3, -0.25) is 14.4 Å². The van der Waals surface area contributed by atoms with Gasteiger partial charge >= 0.3 is 0 Å². The average molecular weight is 488 g/mol. The van der Waals surface area contributed by atoms with Crippen LogP contribution >= 0.6 is 0 Å². The first-order valence-corrected chi connectivity index (χ1v) is 12.3. The third-order valence-electron chi connectivity index (χ3n) is 6.35. The van der Waals surface area contributed by atoms with E-state index in [0.29, 0.717) is 30.9 Å². The maximum Gasteiger partial charge on any atom is 0.258 e. The van der Waals surface area contributed by atoms with Crippen molar-refractivity contribution in [3.8, 4) is 0 Å². The lowest BCUT2D eigenvalue weighted by Gasteiger charge is -2.32. The van der Waals surface area contributed by atoms with Crippen LogP contribution < -0.4 is 10.6 Å². The van der Waals surface area contributed by atoms with Crippen LogP contribution in [0.3, 0.4) is 0 Å². The zero-order valence-electron chi connectivity index (χ0n) is 20.1. The molecule has 6 nitrogen and oxygen atoms in total. The number of rotatable bonds is 8. The maximum absolute atomic E-state index is 13.9. The first-order chi connectivity index (χ1) is 17.5. The van der Waals surface area contributed by atoms with E-state index in [1.165, 1.54) is 23.8 Å². The molecule has 0 spiro atoms. The van der Waals surface area contributed by atoms with Gasteiger partial charge in [-0.2, -0.15) is 0 Å². The number of piperidine rings is 1. The van der Waals surface area contributed by atoms with Gasteiger partial charge in [0, 0.05) is 30.9 Å². The number of halogens is 1. The van der Waals surface area contributed by atoms with Crippen LogP contribution in [0.5, 0.6) is 0 Å². The van der Waals surface area contributed by atoms with E-state index in [-0.39, 0.29) is 23.3 Å². The number of carbonyl (C=O) groups excluding carboxylic acids is 3. The van der Waals surface area contributed by atoms with E-state index in [1.807, 2.05) is 18.2 Å². The van der Waals surface area contributed by atoms with E-state index in [1.54, 1.807) is 35.2 Å². The third-order valence-corrected chi connectivity index (χ3v) is 6.35. The van der Waals surface area contributed by atoms with Crippen LogP contribution in [0, 0.1) is 11.7 Å². The van der Waals surface area contributed by atoms with E-state index in [0.717, 1.165) is 25.7 Å². The van der Waals surface area contributed by atoms with E-state index < -0.39 is 11.7 Å². The number of carbonyl (C=O) groups is 3. The molecule has 3 aromatic carbocycles. The Morgan fingerprint density at radius 3 is 2.53 bits per heavy atom. The fourth-order valence-corrected chi connectivity index (χ4v) is 4.43. The van der Waals surface area contributed by atoms with E-state index >= 15 is 0 Å². The van der Waals surface area contributed by atoms with Gasteiger partial charge in [0.05, 0.1) is 11.5 Å². The summed E-state index contributed by atoms with van der Waals surface area (Å²) in [4.78, 5) is 40.0. The van der Waals surface area contributed by atoms with Crippen LogP contribution in [0.15, 0.2) is 78.9 Å². The van der Waals surface area contributed by atoms with Crippen LogP contribution in [0.1, 0.15) is 45.5 Å². The third kappa shape index (κ3) is 6.56. The Kier molecular flexibility index (Phi) is 8.44. The smallest absolute Gasteiger partial charge is 0.258 e. The summed E-state index contributed by atoms with van der Waals surface area (Å²) in [5.74, 6) is -1.66. The van der Waals surface area contributed by atoms with E-state index in [4.69, 9.17) is 0 Å². The highest BCUT2D eigenvalue weighted by Gasteiger charge is 2.29. The summed E-state index contributed by atoms with van der Waals surface area (Å²) >= 11 is 0. The lowest BCUT2D eigenvalue weighted by atomic mass is 9.96. The number of aryl methyl sites for hydroxylation is 1. The predicted octanol–water partition coefficient (Wildman–Crippen LogP) is 4.68. The van der Waals surface area contributed by atoms with E-state index in [9.17, 15) is 18.8 Å². The van der Waals surface area contributed by atoms with Gasteiger partial charge in [-0.15, -0.1) is 0 Å². The van der Waals surface area contributed by atoms with Crippen LogP contribution in [-0.2, 0) is 11.2 Å². The summed E-state index contributed by atoms with van der Waals surface area (Å²) in [6, 6.07) is 22.5. The van der Waals surface area contributed by atoms with Gasteiger partial charge in [-0.1, -0.05) is 48.5 Å². The molecule has 0 radical (unpaired) electrons.